The van der Waals surface area contributed by atoms with Gasteiger partial charge in [0.2, 0.25) is 0 Å². The lowest BCUT2D eigenvalue weighted by Crippen LogP contribution is -2.29. The maximum Gasteiger partial charge on any atom is 0.345 e. The van der Waals surface area contributed by atoms with Crippen molar-refractivity contribution in [3.63, 3.8) is 0 Å². The van der Waals surface area contributed by atoms with Crippen LogP contribution in [0.1, 0.15) is 30.9 Å². The zero-order valence-corrected chi connectivity index (χ0v) is 14.2. The van der Waals surface area contributed by atoms with Crippen molar-refractivity contribution >= 4 is 21.9 Å². The van der Waals surface area contributed by atoms with E-state index in [4.69, 9.17) is 4.74 Å². The van der Waals surface area contributed by atoms with E-state index < -0.39 is 12.1 Å². The number of carboxylic acids is 1. The Bertz CT molecular complexity index is 618. The lowest BCUT2D eigenvalue weighted by atomic mass is 10.0. The molecule has 0 heterocycles. The number of hydrogen-bond acceptors (Lipinski definition) is 2. The molecule has 0 saturated heterocycles. The second kappa shape index (κ2) is 7.45. The summed E-state index contributed by atoms with van der Waals surface area (Å²) in [5.74, 6) is 0.0526. The van der Waals surface area contributed by atoms with Gasteiger partial charge in [-0.25, -0.2) is 4.79 Å². The summed E-state index contributed by atoms with van der Waals surface area (Å²) >= 11 is 3.37. The Labute approximate surface area is 139 Å². The van der Waals surface area contributed by atoms with Crippen LogP contribution in [-0.4, -0.2) is 17.2 Å². The predicted molar refractivity (Wildman–Crippen MR) is 90.4 cm³/mol. The van der Waals surface area contributed by atoms with E-state index in [2.05, 4.69) is 29.8 Å². The van der Waals surface area contributed by atoms with E-state index in [1.807, 2.05) is 48.5 Å². The van der Waals surface area contributed by atoms with Gasteiger partial charge in [0.05, 0.1) is 0 Å². The Morgan fingerprint density at radius 1 is 1.09 bits per heavy atom. The van der Waals surface area contributed by atoms with Crippen molar-refractivity contribution in [2.24, 2.45) is 0 Å². The third-order valence-electron chi connectivity index (χ3n) is 3.43. The highest BCUT2D eigenvalue weighted by Crippen LogP contribution is 2.21. The van der Waals surface area contributed by atoms with Gasteiger partial charge in [-0.2, -0.15) is 0 Å². The molecule has 0 saturated carbocycles. The minimum Gasteiger partial charge on any atom is -0.478 e. The monoisotopic (exact) mass is 362 g/mol. The van der Waals surface area contributed by atoms with Crippen LogP contribution in [0.5, 0.6) is 5.75 Å². The van der Waals surface area contributed by atoms with Crippen LogP contribution in [0.2, 0.25) is 0 Å². The zero-order valence-electron chi connectivity index (χ0n) is 12.6. The van der Waals surface area contributed by atoms with Gasteiger partial charge in [-0.3, -0.25) is 0 Å². The van der Waals surface area contributed by atoms with Crippen molar-refractivity contribution in [2.75, 3.05) is 0 Å². The highest BCUT2D eigenvalue weighted by atomic mass is 79.9. The lowest BCUT2D eigenvalue weighted by molar-refractivity contribution is -0.145. The standard InChI is InChI=1S/C18H19BrO3/c1-12(2)14-5-9-16(10-6-14)22-17(18(20)21)11-13-3-7-15(19)8-4-13/h3-10,12,17H,11H2,1-2H3,(H,20,21)/t17-/m1/s1. The summed E-state index contributed by atoms with van der Waals surface area (Å²) < 4.78 is 6.60. The molecule has 0 radical (unpaired) electrons. The first-order chi connectivity index (χ1) is 10.5. The number of benzene rings is 2. The molecule has 2 rings (SSSR count). The molecule has 116 valence electrons. The molecule has 0 aliphatic rings. The number of rotatable bonds is 6. The van der Waals surface area contributed by atoms with Crippen molar-refractivity contribution in [2.45, 2.75) is 32.3 Å². The first-order valence-electron chi connectivity index (χ1n) is 7.19. The highest BCUT2D eigenvalue weighted by molar-refractivity contribution is 9.10. The van der Waals surface area contributed by atoms with Gasteiger partial charge < -0.3 is 9.84 Å². The Morgan fingerprint density at radius 2 is 1.68 bits per heavy atom. The fraction of sp³-hybridized carbons (Fsp3) is 0.278. The van der Waals surface area contributed by atoms with E-state index in [1.165, 1.54) is 5.56 Å². The molecule has 1 N–H and O–H groups in total. The van der Waals surface area contributed by atoms with E-state index in [9.17, 15) is 9.90 Å². The van der Waals surface area contributed by atoms with E-state index in [-0.39, 0.29) is 0 Å². The molecule has 0 aromatic heterocycles. The number of carboxylic acid groups (broad SMARTS) is 1. The van der Waals surface area contributed by atoms with Gasteiger partial charge in [0.15, 0.2) is 6.10 Å². The first-order valence-corrected chi connectivity index (χ1v) is 7.99. The fourth-order valence-electron chi connectivity index (χ4n) is 2.11. The van der Waals surface area contributed by atoms with Gasteiger partial charge in [0, 0.05) is 10.9 Å². The molecule has 4 heteroatoms. The minimum absolute atomic E-state index is 0.328. The molecule has 0 spiro atoms. The molecule has 0 aliphatic heterocycles. The molecular weight excluding hydrogens is 344 g/mol. The lowest BCUT2D eigenvalue weighted by Gasteiger charge is -2.16. The second-order valence-corrected chi connectivity index (χ2v) is 6.41. The van der Waals surface area contributed by atoms with E-state index in [1.54, 1.807) is 0 Å². The Morgan fingerprint density at radius 3 is 2.18 bits per heavy atom. The van der Waals surface area contributed by atoms with Crippen LogP contribution in [0.15, 0.2) is 53.0 Å². The van der Waals surface area contributed by atoms with Crippen LogP contribution in [0.4, 0.5) is 0 Å². The van der Waals surface area contributed by atoms with E-state index in [0.717, 1.165) is 10.0 Å². The number of hydrogen-bond donors (Lipinski definition) is 1. The maximum absolute atomic E-state index is 11.4. The molecule has 0 bridgehead atoms. The smallest absolute Gasteiger partial charge is 0.345 e. The quantitative estimate of drug-likeness (QED) is 0.813. The molecule has 22 heavy (non-hydrogen) atoms. The SMILES string of the molecule is CC(C)c1ccc(O[C@H](Cc2ccc(Br)cc2)C(=O)O)cc1. The van der Waals surface area contributed by atoms with Crippen LogP contribution < -0.4 is 4.74 Å². The van der Waals surface area contributed by atoms with Gasteiger partial charge in [-0.1, -0.05) is 54.0 Å². The topological polar surface area (TPSA) is 46.5 Å². The summed E-state index contributed by atoms with van der Waals surface area (Å²) in [5.41, 5.74) is 2.13. The van der Waals surface area contributed by atoms with Gasteiger partial charge in [-0.05, 0) is 41.3 Å². The van der Waals surface area contributed by atoms with Crippen molar-refractivity contribution in [3.05, 3.63) is 64.1 Å². The van der Waals surface area contributed by atoms with Gasteiger partial charge in [0.1, 0.15) is 5.75 Å². The average Bonchev–Trinajstić information content (AvgIpc) is 2.49. The molecular formula is C18H19BrO3. The molecule has 2 aromatic carbocycles. The number of halogens is 1. The summed E-state index contributed by atoms with van der Waals surface area (Å²) in [5, 5.41) is 9.36. The molecule has 0 aliphatic carbocycles. The second-order valence-electron chi connectivity index (χ2n) is 5.50. The Hall–Kier alpha value is -1.81. The van der Waals surface area contributed by atoms with Gasteiger partial charge in [-0.15, -0.1) is 0 Å². The molecule has 3 nitrogen and oxygen atoms in total. The zero-order chi connectivity index (χ0) is 16.1. The van der Waals surface area contributed by atoms with E-state index >= 15 is 0 Å². The van der Waals surface area contributed by atoms with Crippen LogP contribution in [-0.2, 0) is 11.2 Å². The summed E-state index contributed by atoms with van der Waals surface area (Å²) in [4.78, 5) is 11.4. The maximum atomic E-state index is 11.4. The predicted octanol–water partition coefficient (Wildman–Crippen LogP) is 4.65. The van der Waals surface area contributed by atoms with Crippen LogP contribution in [0, 0.1) is 0 Å². The molecule has 0 amide bonds. The summed E-state index contributed by atoms with van der Waals surface area (Å²) in [7, 11) is 0. The van der Waals surface area contributed by atoms with Crippen LogP contribution >= 0.6 is 15.9 Å². The van der Waals surface area contributed by atoms with E-state index in [0.29, 0.717) is 18.1 Å². The normalized spacial score (nSPS) is 12.2. The molecule has 2 aromatic rings. The summed E-state index contributed by atoms with van der Waals surface area (Å²) in [6.07, 6.45) is -0.569. The highest BCUT2D eigenvalue weighted by Gasteiger charge is 2.20. The largest absolute Gasteiger partial charge is 0.478 e. The summed E-state index contributed by atoms with van der Waals surface area (Å²) in [6, 6.07) is 15.2. The van der Waals surface area contributed by atoms with Crippen molar-refractivity contribution in [1.82, 2.24) is 0 Å². The van der Waals surface area contributed by atoms with Crippen molar-refractivity contribution < 1.29 is 14.6 Å². The first kappa shape index (κ1) is 16.6. The Balaban J connectivity index is 2.08. The third kappa shape index (κ3) is 4.60. The van der Waals surface area contributed by atoms with Gasteiger partial charge in [0.25, 0.3) is 0 Å². The van der Waals surface area contributed by atoms with Gasteiger partial charge >= 0.3 is 5.97 Å². The number of carbonyl (C=O) groups is 1. The molecule has 1 atom stereocenters. The van der Waals surface area contributed by atoms with Crippen molar-refractivity contribution in [3.8, 4) is 5.75 Å². The number of aliphatic carboxylic acids is 1. The molecule has 0 fully saturated rings. The molecule has 0 unspecified atom stereocenters. The van der Waals surface area contributed by atoms with Crippen LogP contribution in [0.3, 0.4) is 0 Å². The van der Waals surface area contributed by atoms with Crippen molar-refractivity contribution in [1.29, 1.82) is 0 Å². The number of ether oxygens (including phenoxy) is 1. The average molecular weight is 363 g/mol. The fourth-order valence-corrected chi connectivity index (χ4v) is 2.37. The van der Waals surface area contributed by atoms with Crippen LogP contribution in [0.25, 0.3) is 0 Å². The summed E-state index contributed by atoms with van der Waals surface area (Å²) in [6.45, 7) is 4.23. The Kier molecular flexibility index (Phi) is 5.61. The minimum atomic E-state index is -0.962. The third-order valence-corrected chi connectivity index (χ3v) is 3.96.